The maximum atomic E-state index is 14.4. The normalized spacial score (nSPS) is 18.8. The molecule has 0 bridgehead atoms. The predicted molar refractivity (Wildman–Crippen MR) is 131 cm³/mol. The van der Waals surface area contributed by atoms with Gasteiger partial charge in [0, 0.05) is 50.0 Å². The van der Waals surface area contributed by atoms with Crippen LogP contribution in [0.25, 0.3) is 0 Å². The lowest BCUT2D eigenvalue weighted by Crippen LogP contribution is -2.52. The molecule has 35 heavy (non-hydrogen) atoms. The molecule has 0 aromatic heterocycles. The Kier molecular flexibility index (Phi) is 8.92. The monoisotopic (exact) mass is 504 g/mol. The van der Waals surface area contributed by atoms with Crippen molar-refractivity contribution < 1.29 is 23.5 Å². The number of amides is 3. The van der Waals surface area contributed by atoms with Crippen LogP contribution < -0.4 is 5.32 Å². The molecule has 2 fully saturated rings. The van der Waals surface area contributed by atoms with Crippen LogP contribution in [-0.4, -0.2) is 98.4 Å². The molecule has 1 unspecified atom stereocenters. The van der Waals surface area contributed by atoms with Crippen molar-refractivity contribution in [3.63, 3.8) is 0 Å². The van der Waals surface area contributed by atoms with Crippen molar-refractivity contribution in [2.75, 3.05) is 71.0 Å². The Bertz CT molecular complexity index is 1020. The molecule has 3 amide bonds. The van der Waals surface area contributed by atoms with Gasteiger partial charge in [-0.25, -0.2) is 9.18 Å². The summed E-state index contributed by atoms with van der Waals surface area (Å²) in [5.41, 5.74) is 0.633. The molecule has 2 saturated heterocycles. The first-order valence-electron chi connectivity index (χ1n) is 11.8. The number of nitrogens with one attached hydrogen (secondary N) is 1. The Morgan fingerprint density at radius 3 is 2.66 bits per heavy atom. The second-order valence-electron chi connectivity index (χ2n) is 8.56. The van der Waals surface area contributed by atoms with E-state index in [4.69, 9.17) is 21.1 Å². The number of ether oxygens (including phenoxy) is 2. The van der Waals surface area contributed by atoms with Crippen molar-refractivity contribution in [3.8, 4) is 0 Å². The molecule has 0 saturated carbocycles. The van der Waals surface area contributed by atoms with Gasteiger partial charge >= 0.3 is 6.03 Å². The van der Waals surface area contributed by atoms with Crippen LogP contribution in [0.15, 0.2) is 48.5 Å². The van der Waals surface area contributed by atoms with Gasteiger partial charge in [0.25, 0.3) is 5.91 Å². The number of rotatable bonds is 7. The summed E-state index contributed by atoms with van der Waals surface area (Å²) >= 11 is 6.01. The topological polar surface area (TPSA) is 74.4 Å². The summed E-state index contributed by atoms with van der Waals surface area (Å²) in [5.74, 6) is -0.943. The minimum absolute atomic E-state index is 0.0286. The Labute approximate surface area is 209 Å². The molecule has 10 heteroatoms. The third-order valence-corrected chi connectivity index (χ3v) is 6.34. The zero-order chi connectivity index (χ0) is 24.6. The molecule has 4 rings (SSSR count). The summed E-state index contributed by atoms with van der Waals surface area (Å²) in [4.78, 5) is 31.6. The van der Waals surface area contributed by atoms with Gasteiger partial charge in [-0.2, -0.15) is 0 Å². The highest BCUT2D eigenvalue weighted by Gasteiger charge is 2.29. The maximum Gasteiger partial charge on any atom is 0.322 e. The van der Waals surface area contributed by atoms with E-state index in [2.05, 4.69) is 10.2 Å². The van der Waals surface area contributed by atoms with Crippen molar-refractivity contribution in [1.82, 2.24) is 14.7 Å². The summed E-state index contributed by atoms with van der Waals surface area (Å²) in [5, 5.41) is 3.38. The Balaban J connectivity index is 1.41. The van der Waals surface area contributed by atoms with Gasteiger partial charge in [0.1, 0.15) is 5.82 Å². The van der Waals surface area contributed by atoms with Gasteiger partial charge in [-0.15, -0.1) is 0 Å². The number of hydrogen-bond acceptors (Lipinski definition) is 5. The van der Waals surface area contributed by atoms with Gasteiger partial charge < -0.3 is 24.6 Å². The van der Waals surface area contributed by atoms with Gasteiger partial charge in [-0.3, -0.25) is 9.69 Å². The standard InChI is InChI=1S/C25H30ClFN4O4/c26-19-4-3-5-20(16-19)28-25(33)31-12-15-35-21(18-31)17-30(9-8-29-10-13-34-14-11-29)24(32)22-6-1-2-7-23(22)27/h1-7,16,21H,8-15,17-18H2,(H,28,33). The first-order chi connectivity index (χ1) is 17.0. The zero-order valence-electron chi connectivity index (χ0n) is 19.5. The molecular weight excluding hydrogens is 475 g/mol. The van der Waals surface area contributed by atoms with E-state index in [1.807, 2.05) is 0 Å². The number of urea groups is 1. The number of morpholine rings is 2. The molecule has 1 N–H and O–H groups in total. The lowest BCUT2D eigenvalue weighted by atomic mass is 10.1. The minimum atomic E-state index is -0.555. The average Bonchev–Trinajstić information content (AvgIpc) is 2.87. The summed E-state index contributed by atoms with van der Waals surface area (Å²) in [6, 6.07) is 12.7. The van der Waals surface area contributed by atoms with Crippen LogP contribution in [-0.2, 0) is 9.47 Å². The summed E-state index contributed by atoms with van der Waals surface area (Å²) in [6.07, 6.45) is -0.394. The lowest BCUT2D eigenvalue weighted by molar-refractivity contribution is -0.0282. The fraction of sp³-hybridized carbons (Fsp3) is 0.440. The van der Waals surface area contributed by atoms with Crippen molar-refractivity contribution >= 4 is 29.2 Å². The quantitative estimate of drug-likeness (QED) is 0.627. The second kappa shape index (κ2) is 12.3. The smallest absolute Gasteiger partial charge is 0.322 e. The lowest BCUT2D eigenvalue weighted by Gasteiger charge is -2.36. The molecule has 8 nitrogen and oxygen atoms in total. The van der Waals surface area contributed by atoms with Crippen LogP contribution in [0, 0.1) is 5.82 Å². The molecule has 2 aliphatic rings. The van der Waals surface area contributed by atoms with Gasteiger partial charge in [0.2, 0.25) is 0 Å². The zero-order valence-corrected chi connectivity index (χ0v) is 20.3. The van der Waals surface area contributed by atoms with E-state index in [1.165, 1.54) is 12.1 Å². The van der Waals surface area contributed by atoms with E-state index < -0.39 is 11.9 Å². The highest BCUT2D eigenvalue weighted by atomic mass is 35.5. The molecule has 1 atom stereocenters. The summed E-state index contributed by atoms with van der Waals surface area (Å²) in [6.45, 7) is 5.29. The van der Waals surface area contributed by atoms with E-state index in [1.54, 1.807) is 46.2 Å². The van der Waals surface area contributed by atoms with Crippen LogP contribution in [0.5, 0.6) is 0 Å². The van der Waals surface area contributed by atoms with Crippen LogP contribution in [0.4, 0.5) is 14.9 Å². The first-order valence-corrected chi connectivity index (χ1v) is 12.1. The van der Waals surface area contributed by atoms with Gasteiger partial charge in [0.15, 0.2) is 0 Å². The minimum Gasteiger partial charge on any atom is -0.379 e. The van der Waals surface area contributed by atoms with Crippen LogP contribution in [0.1, 0.15) is 10.4 Å². The molecule has 0 radical (unpaired) electrons. The molecule has 2 heterocycles. The Hall–Kier alpha value is -2.72. The molecular formula is C25H30ClFN4O4. The van der Waals surface area contributed by atoms with Crippen LogP contribution in [0.2, 0.25) is 5.02 Å². The van der Waals surface area contributed by atoms with E-state index >= 15 is 0 Å². The average molecular weight is 505 g/mol. The van der Waals surface area contributed by atoms with Gasteiger partial charge in [-0.05, 0) is 30.3 Å². The van der Waals surface area contributed by atoms with E-state index in [0.29, 0.717) is 56.7 Å². The Morgan fingerprint density at radius 1 is 1.09 bits per heavy atom. The van der Waals surface area contributed by atoms with E-state index in [0.717, 1.165) is 13.1 Å². The second-order valence-corrected chi connectivity index (χ2v) is 9.00. The van der Waals surface area contributed by atoms with Crippen molar-refractivity contribution in [2.45, 2.75) is 6.10 Å². The first kappa shape index (κ1) is 25.4. The number of carbonyl (C=O) groups excluding carboxylic acids is 2. The molecule has 2 aromatic rings. The Morgan fingerprint density at radius 2 is 1.89 bits per heavy atom. The molecule has 0 aliphatic carbocycles. The summed E-state index contributed by atoms with van der Waals surface area (Å²) in [7, 11) is 0. The number of anilines is 1. The third-order valence-electron chi connectivity index (χ3n) is 6.11. The number of carbonyl (C=O) groups is 2. The number of nitrogens with zero attached hydrogens (tertiary/aromatic N) is 3. The van der Waals surface area contributed by atoms with Crippen molar-refractivity contribution in [2.24, 2.45) is 0 Å². The number of halogens is 2. The third kappa shape index (κ3) is 7.14. The fourth-order valence-corrected chi connectivity index (χ4v) is 4.39. The highest BCUT2D eigenvalue weighted by molar-refractivity contribution is 6.30. The maximum absolute atomic E-state index is 14.4. The molecule has 0 spiro atoms. The van der Waals surface area contributed by atoms with Gasteiger partial charge in [-0.1, -0.05) is 29.8 Å². The highest BCUT2D eigenvalue weighted by Crippen LogP contribution is 2.17. The van der Waals surface area contributed by atoms with Crippen LogP contribution in [0.3, 0.4) is 0 Å². The number of benzene rings is 2. The fourth-order valence-electron chi connectivity index (χ4n) is 4.20. The molecule has 2 aliphatic heterocycles. The SMILES string of the molecule is O=C(Nc1cccc(Cl)c1)N1CCOC(CN(CCN2CCOCC2)C(=O)c2ccccc2F)C1. The largest absolute Gasteiger partial charge is 0.379 e. The van der Waals surface area contributed by atoms with Crippen molar-refractivity contribution in [1.29, 1.82) is 0 Å². The predicted octanol–water partition coefficient (Wildman–Crippen LogP) is 3.19. The molecule has 188 valence electrons. The van der Waals surface area contributed by atoms with E-state index in [9.17, 15) is 14.0 Å². The summed E-state index contributed by atoms with van der Waals surface area (Å²) < 4.78 is 25.7. The van der Waals surface area contributed by atoms with E-state index in [-0.39, 0.29) is 24.0 Å². The molecule has 2 aromatic carbocycles. The number of hydrogen-bond donors (Lipinski definition) is 1. The van der Waals surface area contributed by atoms with Crippen LogP contribution >= 0.6 is 11.6 Å². The van der Waals surface area contributed by atoms with Gasteiger partial charge in [0.05, 0.1) is 38.0 Å². The van der Waals surface area contributed by atoms with Crippen molar-refractivity contribution in [3.05, 3.63) is 64.9 Å².